The zero-order valence-corrected chi connectivity index (χ0v) is 23.1. The van der Waals surface area contributed by atoms with Gasteiger partial charge in [-0.3, -0.25) is 4.79 Å². The van der Waals surface area contributed by atoms with Gasteiger partial charge in [0.2, 0.25) is 0 Å². The third kappa shape index (κ3) is 8.12. The molecule has 0 radical (unpaired) electrons. The van der Waals surface area contributed by atoms with Gasteiger partial charge in [0.25, 0.3) is 0 Å². The van der Waals surface area contributed by atoms with E-state index < -0.39 is 0 Å². The number of hydrogen-bond acceptors (Lipinski definition) is 1. The maximum atomic E-state index is 13.4. The van der Waals surface area contributed by atoms with Crippen molar-refractivity contribution in [3.05, 3.63) is 83.0 Å². The molecule has 0 spiro atoms. The van der Waals surface area contributed by atoms with Gasteiger partial charge in [-0.25, -0.2) is 0 Å². The monoisotopic (exact) mass is 460 g/mol. The van der Waals surface area contributed by atoms with Crippen molar-refractivity contribution >= 4 is 5.78 Å². The molecule has 0 amide bonds. The Balaban J connectivity index is 0.00000137. The first-order valence-electron chi connectivity index (χ1n) is 13.6. The number of ketones is 1. The summed E-state index contributed by atoms with van der Waals surface area (Å²) in [5.41, 5.74) is 7.36. The van der Waals surface area contributed by atoms with Crippen molar-refractivity contribution in [1.82, 2.24) is 0 Å². The molecule has 1 aliphatic carbocycles. The van der Waals surface area contributed by atoms with E-state index in [1.165, 1.54) is 53.5 Å². The van der Waals surface area contributed by atoms with Gasteiger partial charge >= 0.3 is 0 Å². The average Bonchev–Trinajstić information content (AvgIpc) is 3.43. The molecule has 2 aromatic rings. The Morgan fingerprint density at radius 1 is 0.971 bits per heavy atom. The maximum absolute atomic E-state index is 13.4. The predicted molar refractivity (Wildman–Crippen MR) is 151 cm³/mol. The second kappa shape index (κ2) is 16.3. The first-order chi connectivity index (χ1) is 16.6. The summed E-state index contributed by atoms with van der Waals surface area (Å²) in [6.07, 6.45) is 12.7. The number of allylic oxidation sites excluding steroid dienone is 4. The molecule has 2 aromatic carbocycles. The summed E-state index contributed by atoms with van der Waals surface area (Å²) in [7, 11) is 0. The lowest BCUT2D eigenvalue weighted by Crippen LogP contribution is -2.25. The molecule has 0 aromatic heterocycles. The minimum absolute atomic E-state index is 0.0763. The molecule has 0 bridgehead atoms. The molecular weight excluding hydrogens is 412 g/mol. The van der Waals surface area contributed by atoms with Crippen molar-refractivity contribution in [2.24, 2.45) is 11.8 Å². The summed E-state index contributed by atoms with van der Waals surface area (Å²) in [4.78, 5) is 13.4. The Labute approximate surface area is 210 Å². The van der Waals surface area contributed by atoms with Crippen molar-refractivity contribution in [2.45, 2.75) is 93.9 Å². The second-order valence-electron chi connectivity index (χ2n) is 8.67. The number of carbonyl (C=O) groups is 1. The third-order valence-corrected chi connectivity index (χ3v) is 6.65. The maximum Gasteiger partial charge on any atom is 0.166 e. The van der Waals surface area contributed by atoms with Crippen LogP contribution < -0.4 is 0 Å². The van der Waals surface area contributed by atoms with Crippen molar-refractivity contribution in [1.29, 1.82) is 0 Å². The minimum Gasteiger partial charge on any atom is -0.294 e. The zero-order valence-electron chi connectivity index (χ0n) is 23.1. The number of benzene rings is 2. The molecule has 1 atom stereocenters. The molecule has 1 aliphatic rings. The van der Waals surface area contributed by atoms with Gasteiger partial charge in [-0.2, -0.15) is 0 Å². The van der Waals surface area contributed by atoms with Crippen LogP contribution in [0.3, 0.4) is 0 Å². The third-order valence-electron chi connectivity index (χ3n) is 6.65. The highest BCUT2D eigenvalue weighted by Gasteiger charge is 2.31. The summed E-state index contributed by atoms with van der Waals surface area (Å²) < 4.78 is 0. The van der Waals surface area contributed by atoms with Gasteiger partial charge in [-0.05, 0) is 80.2 Å². The first kappa shape index (κ1) is 29.6. The quantitative estimate of drug-likeness (QED) is 0.283. The van der Waals surface area contributed by atoms with Gasteiger partial charge in [0.1, 0.15) is 0 Å². The van der Waals surface area contributed by atoms with Gasteiger partial charge in [0.05, 0.1) is 0 Å². The van der Waals surface area contributed by atoms with Crippen LogP contribution in [0.5, 0.6) is 0 Å². The lowest BCUT2D eigenvalue weighted by atomic mass is 9.79. The van der Waals surface area contributed by atoms with Crippen molar-refractivity contribution in [2.75, 3.05) is 0 Å². The van der Waals surface area contributed by atoms with Crippen LogP contribution in [0, 0.1) is 18.8 Å². The topological polar surface area (TPSA) is 17.1 Å². The smallest absolute Gasteiger partial charge is 0.166 e. The fraction of sp³-hybridized carbons (Fsp3) is 0.485. The van der Waals surface area contributed by atoms with E-state index in [2.05, 4.69) is 56.3 Å². The highest BCUT2D eigenvalue weighted by molar-refractivity contribution is 6.00. The van der Waals surface area contributed by atoms with Crippen LogP contribution in [0.25, 0.3) is 11.1 Å². The summed E-state index contributed by atoms with van der Waals surface area (Å²) in [5, 5.41) is 0. The van der Waals surface area contributed by atoms with E-state index in [1.807, 2.05) is 59.8 Å². The van der Waals surface area contributed by atoms with Crippen LogP contribution in [-0.2, 0) is 17.6 Å². The summed E-state index contributed by atoms with van der Waals surface area (Å²) >= 11 is 0. The summed E-state index contributed by atoms with van der Waals surface area (Å²) in [6, 6.07) is 15.6. The molecule has 0 N–H and O–H groups in total. The molecule has 1 fully saturated rings. The minimum atomic E-state index is 0.0763. The van der Waals surface area contributed by atoms with Gasteiger partial charge in [0.15, 0.2) is 5.78 Å². The molecule has 3 rings (SSSR count). The molecule has 0 aliphatic heterocycles. The average molecular weight is 461 g/mol. The molecule has 186 valence electrons. The molecule has 0 saturated heterocycles. The van der Waals surface area contributed by atoms with Crippen LogP contribution in [-0.4, -0.2) is 5.78 Å². The Kier molecular flexibility index (Phi) is 14.2. The van der Waals surface area contributed by atoms with E-state index in [0.717, 1.165) is 18.4 Å². The fourth-order valence-electron chi connectivity index (χ4n) is 4.87. The zero-order chi connectivity index (χ0) is 25.5. The van der Waals surface area contributed by atoms with Gasteiger partial charge in [-0.15, -0.1) is 0 Å². The number of carbonyl (C=O) groups excluding carboxylic acids is 1. The van der Waals surface area contributed by atoms with Gasteiger partial charge in [-0.1, -0.05) is 108 Å². The standard InChI is InChI=1S/C29H36O.2C2H6/c1-5-11-24(7-3)29(30)28(25-13-8-9-14-25)20-23-17-16-21(4)27(19-23)26-15-10-12-22(6-2)18-26;2*1-2/h5,7,10-12,15-19,25,28H,6,8-9,13-14,20H2,1-4H3;2*1-2H3/b11-5-,24-7+;;. The summed E-state index contributed by atoms with van der Waals surface area (Å²) in [6.45, 7) is 16.3. The van der Waals surface area contributed by atoms with Crippen LogP contribution in [0.2, 0.25) is 0 Å². The molecule has 1 heteroatoms. The van der Waals surface area contributed by atoms with Crippen molar-refractivity contribution in [3.63, 3.8) is 0 Å². The molecule has 34 heavy (non-hydrogen) atoms. The SMILES string of the molecule is C/C=C\C(=C/C)C(=O)C(Cc1ccc(C)c(-c2cccc(CC)c2)c1)C1CCCC1.CC.CC. The van der Waals surface area contributed by atoms with Crippen molar-refractivity contribution < 1.29 is 4.79 Å². The number of aryl methyl sites for hydroxylation is 2. The second-order valence-corrected chi connectivity index (χ2v) is 8.67. The van der Waals surface area contributed by atoms with Gasteiger partial charge in [0, 0.05) is 11.5 Å². The van der Waals surface area contributed by atoms with E-state index in [0.29, 0.717) is 11.7 Å². The van der Waals surface area contributed by atoms with E-state index in [-0.39, 0.29) is 5.92 Å². The molecule has 1 unspecified atom stereocenters. The highest BCUT2D eigenvalue weighted by Crippen LogP contribution is 2.36. The molecular formula is C33H48O. The summed E-state index contributed by atoms with van der Waals surface area (Å²) in [5.74, 6) is 0.899. The van der Waals surface area contributed by atoms with Crippen LogP contribution in [0.15, 0.2) is 66.3 Å². The van der Waals surface area contributed by atoms with E-state index in [4.69, 9.17) is 0 Å². The number of hydrogen-bond donors (Lipinski definition) is 0. The first-order valence-corrected chi connectivity index (χ1v) is 13.6. The Morgan fingerprint density at radius 2 is 1.65 bits per heavy atom. The van der Waals surface area contributed by atoms with Crippen LogP contribution in [0.1, 0.15) is 90.8 Å². The number of Topliss-reactive ketones (excluding diaryl/α,β-unsaturated/α-hetero) is 1. The highest BCUT2D eigenvalue weighted by atomic mass is 16.1. The fourth-order valence-corrected chi connectivity index (χ4v) is 4.87. The Morgan fingerprint density at radius 3 is 2.24 bits per heavy atom. The van der Waals surface area contributed by atoms with Crippen LogP contribution >= 0.6 is 0 Å². The van der Waals surface area contributed by atoms with Crippen LogP contribution in [0.4, 0.5) is 0 Å². The number of rotatable bonds is 8. The van der Waals surface area contributed by atoms with Gasteiger partial charge < -0.3 is 0 Å². The Hall–Kier alpha value is -2.41. The Bertz CT molecular complexity index is 925. The molecule has 0 heterocycles. The molecule has 1 saturated carbocycles. The molecule has 1 nitrogen and oxygen atoms in total. The lowest BCUT2D eigenvalue weighted by Gasteiger charge is -2.23. The van der Waals surface area contributed by atoms with E-state index in [9.17, 15) is 4.79 Å². The van der Waals surface area contributed by atoms with E-state index in [1.54, 1.807) is 0 Å². The lowest BCUT2D eigenvalue weighted by molar-refractivity contribution is -0.120. The van der Waals surface area contributed by atoms with E-state index >= 15 is 0 Å². The predicted octanol–water partition coefficient (Wildman–Crippen LogP) is 9.72. The van der Waals surface area contributed by atoms with Crippen molar-refractivity contribution in [3.8, 4) is 11.1 Å². The normalized spacial score (nSPS) is 14.8. The largest absolute Gasteiger partial charge is 0.294 e.